The van der Waals surface area contributed by atoms with Crippen molar-refractivity contribution in [1.29, 1.82) is 0 Å². The molecule has 0 aromatic heterocycles. The van der Waals surface area contributed by atoms with E-state index in [-0.39, 0.29) is 12.2 Å². The van der Waals surface area contributed by atoms with Crippen LogP contribution in [0.3, 0.4) is 0 Å². The minimum absolute atomic E-state index is 0.303. The van der Waals surface area contributed by atoms with Crippen molar-refractivity contribution in [2.75, 3.05) is 0 Å². The minimum Gasteiger partial charge on any atom is -0.393 e. The molecule has 0 aliphatic carbocycles. The first kappa shape index (κ1) is 20.9. The van der Waals surface area contributed by atoms with Crippen LogP contribution in [0.4, 0.5) is 0 Å². The van der Waals surface area contributed by atoms with Crippen LogP contribution < -0.4 is 0 Å². The summed E-state index contributed by atoms with van der Waals surface area (Å²) in [5, 5.41) is 19.2. The molecule has 0 fully saturated rings. The number of hydrogen-bond acceptors (Lipinski definition) is 2. The van der Waals surface area contributed by atoms with Crippen molar-refractivity contribution in [2.24, 2.45) is 0 Å². The van der Waals surface area contributed by atoms with Gasteiger partial charge in [-0.2, -0.15) is 0 Å². The van der Waals surface area contributed by atoms with E-state index in [4.69, 9.17) is 0 Å². The van der Waals surface area contributed by atoms with Crippen LogP contribution in [0.15, 0.2) is 0 Å². The average molecular weight is 301 g/mol. The fraction of sp³-hybridized carbons (Fsp3) is 1.00. The Morgan fingerprint density at radius 2 is 1.00 bits per heavy atom. The Morgan fingerprint density at radius 3 is 1.43 bits per heavy atom. The van der Waals surface area contributed by atoms with Gasteiger partial charge >= 0.3 is 0 Å². The van der Waals surface area contributed by atoms with E-state index in [9.17, 15) is 10.2 Å². The summed E-state index contributed by atoms with van der Waals surface area (Å²) in [6.45, 7) is 4.23. The van der Waals surface area contributed by atoms with Crippen LogP contribution in [0.25, 0.3) is 0 Å². The van der Waals surface area contributed by atoms with Gasteiger partial charge in [0.05, 0.1) is 12.2 Å². The third kappa shape index (κ3) is 16.1. The lowest BCUT2D eigenvalue weighted by atomic mass is 10.0. The Labute approximate surface area is 133 Å². The molecule has 2 unspecified atom stereocenters. The summed E-state index contributed by atoms with van der Waals surface area (Å²) < 4.78 is 0. The van der Waals surface area contributed by atoms with Crippen molar-refractivity contribution in [3.63, 3.8) is 0 Å². The van der Waals surface area contributed by atoms with Crippen LogP contribution in [0.5, 0.6) is 0 Å². The molecule has 0 heterocycles. The fourth-order valence-corrected chi connectivity index (χ4v) is 2.82. The van der Waals surface area contributed by atoms with E-state index in [1.165, 1.54) is 70.6 Å². The van der Waals surface area contributed by atoms with Crippen LogP contribution in [-0.4, -0.2) is 22.4 Å². The molecular weight excluding hydrogens is 260 g/mol. The van der Waals surface area contributed by atoms with Crippen molar-refractivity contribution in [3.05, 3.63) is 0 Å². The topological polar surface area (TPSA) is 40.5 Å². The van der Waals surface area contributed by atoms with Crippen molar-refractivity contribution >= 4 is 0 Å². The zero-order chi connectivity index (χ0) is 15.8. The summed E-state index contributed by atoms with van der Waals surface area (Å²) >= 11 is 0. The van der Waals surface area contributed by atoms with E-state index >= 15 is 0 Å². The second-order valence-electron chi connectivity index (χ2n) is 6.63. The van der Waals surface area contributed by atoms with Crippen molar-refractivity contribution < 1.29 is 10.2 Å². The zero-order valence-electron chi connectivity index (χ0n) is 14.7. The molecular formula is C19H40O2. The Kier molecular flexibility index (Phi) is 16.2. The minimum atomic E-state index is -0.322. The maximum Gasteiger partial charge on any atom is 0.0564 e. The molecule has 0 aliphatic rings. The van der Waals surface area contributed by atoms with Gasteiger partial charge in [0.1, 0.15) is 0 Å². The van der Waals surface area contributed by atoms with Gasteiger partial charge in [-0.1, -0.05) is 90.9 Å². The predicted octanol–water partition coefficient (Wildman–Crippen LogP) is 5.60. The number of unbranched alkanes of at least 4 members (excludes halogenated alkanes) is 11. The highest BCUT2D eigenvalue weighted by molar-refractivity contribution is 4.62. The summed E-state index contributed by atoms with van der Waals surface area (Å²) in [5.74, 6) is 0. The van der Waals surface area contributed by atoms with E-state index in [2.05, 4.69) is 6.92 Å². The lowest BCUT2D eigenvalue weighted by Crippen LogP contribution is -2.16. The Bertz CT molecular complexity index is 194. The smallest absolute Gasteiger partial charge is 0.0564 e. The Hall–Kier alpha value is -0.0800. The Balaban J connectivity index is 3.12. The molecule has 2 heteroatoms. The molecule has 2 nitrogen and oxygen atoms in total. The number of rotatable bonds is 16. The predicted molar refractivity (Wildman–Crippen MR) is 92.6 cm³/mol. The fourth-order valence-electron chi connectivity index (χ4n) is 2.82. The molecule has 0 aliphatic heterocycles. The van der Waals surface area contributed by atoms with E-state index < -0.39 is 0 Å². The summed E-state index contributed by atoms with van der Waals surface area (Å²) in [6, 6.07) is 0. The van der Waals surface area contributed by atoms with Crippen LogP contribution >= 0.6 is 0 Å². The first-order valence-electron chi connectivity index (χ1n) is 9.56. The zero-order valence-corrected chi connectivity index (χ0v) is 14.7. The molecule has 21 heavy (non-hydrogen) atoms. The number of aliphatic hydroxyl groups is 2. The first-order chi connectivity index (χ1) is 10.2. The number of hydrogen-bond donors (Lipinski definition) is 2. The summed E-state index contributed by atoms with van der Waals surface area (Å²) in [4.78, 5) is 0. The molecule has 0 aromatic carbocycles. The first-order valence-corrected chi connectivity index (χ1v) is 9.56. The normalized spacial score (nSPS) is 14.3. The van der Waals surface area contributed by atoms with Crippen LogP contribution in [0, 0.1) is 0 Å². The standard InChI is InChI=1S/C19H40O2/c1-3-5-6-7-8-9-10-11-12-13-14-15-16-19(21)17-18(20)4-2/h18-21H,3-17H2,1-2H3. The third-order valence-electron chi connectivity index (χ3n) is 4.41. The van der Waals surface area contributed by atoms with Crippen molar-refractivity contribution in [3.8, 4) is 0 Å². The van der Waals surface area contributed by atoms with Gasteiger partial charge in [-0.15, -0.1) is 0 Å². The van der Waals surface area contributed by atoms with Crippen LogP contribution in [0.2, 0.25) is 0 Å². The molecule has 0 bridgehead atoms. The molecule has 128 valence electrons. The van der Waals surface area contributed by atoms with Gasteiger partial charge in [-0.25, -0.2) is 0 Å². The molecule has 0 spiro atoms. The van der Waals surface area contributed by atoms with E-state index in [1.807, 2.05) is 6.92 Å². The van der Waals surface area contributed by atoms with Gasteiger partial charge in [0.25, 0.3) is 0 Å². The molecule has 2 N–H and O–H groups in total. The van der Waals surface area contributed by atoms with Crippen molar-refractivity contribution in [2.45, 2.75) is 122 Å². The quantitative estimate of drug-likeness (QED) is 0.364. The second-order valence-corrected chi connectivity index (χ2v) is 6.63. The molecule has 0 saturated carbocycles. The highest BCUT2D eigenvalue weighted by Gasteiger charge is 2.09. The van der Waals surface area contributed by atoms with Crippen molar-refractivity contribution in [1.82, 2.24) is 0 Å². The second kappa shape index (κ2) is 16.3. The average Bonchev–Trinajstić information content (AvgIpc) is 2.48. The summed E-state index contributed by atoms with van der Waals surface area (Å²) in [5.41, 5.74) is 0. The van der Waals surface area contributed by atoms with Gasteiger partial charge in [-0.3, -0.25) is 0 Å². The van der Waals surface area contributed by atoms with Gasteiger partial charge in [0.15, 0.2) is 0 Å². The van der Waals surface area contributed by atoms with E-state index in [0.29, 0.717) is 6.42 Å². The highest BCUT2D eigenvalue weighted by atomic mass is 16.3. The molecule has 0 rings (SSSR count). The van der Waals surface area contributed by atoms with Gasteiger partial charge < -0.3 is 10.2 Å². The maximum atomic E-state index is 9.75. The lowest BCUT2D eigenvalue weighted by molar-refractivity contribution is 0.0721. The summed E-state index contributed by atoms with van der Waals surface area (Å²) in [7, 11) is 0. The van der Waals surface area contributed by atoms with E-state index in [0.717, 1.165) is 19.3 Å². The highest BCUT2D eigenvalue weighted by Crippen LogP contribution is 2.14. The Morgan fingerprint density at radius 1 is 0.571 bits per heavy atom. The van der Waals surface area contributed by atoms with Gasteiger partial charge in [0, 0.05) is 0 Å². The monoisotopic (exact) mass is 300 g/mol. The molecule has 0 aromatic rings. The maximum absolute atomic E-state index is 9.75. The molecule has 0 saturated heterocycles. The number of aliphatic hydroxyl groups excluding tert-OH is 2. The van der Waals surface area contributed by atoms with Gasteiger partial charge in [0.2, 0.25) is 0 Å². The lowest BCUT2D eigenvalue weighted by Gasteiger charge is -2.13. The van der Waals surface area contributed by atoms with Crippen LogP contribution in [-0.2, 0) is 0 Å². The van der Waals surface area contributed by atoms with E-state index in [1.54, 1.807) is 0 Å². The van der Waals surface area contributed by atoms with Gasteiger partial charge in [-0.05, 0) is 19.3 Å². The third-order valence-corrected chi connectivity index (χ3v) is 4.41. The van der Waals surface area contributed by atoms with Crippen LogP contribution in [0.1, 0.15) is 110 Å². The molecule has 0 radical (unpaired) electrons. The SMILES string of the molecule is CCCCCCCCCCCCCCC(O)CC(O)CC. The molecule has 0 amide bonds. The molecule has 2 atom stereocenters. The summed E-state index contributed by atoms with van der Waals surface area (Å²) in [6.07, 6.45) is 17.7. The largest absolute Gasteiger partial charge is 0.393 e.